The normalized spacial score (nSPS) is 18.8. The summed E-state index contributed by atoms with van der Waals surface area (Å²) in [5, 5.41) is 12.4. The number of hydrogen-bond acceptors (Lipinski definition) is 8. The summed E-state index contributed by atoms with van der Waals surface area (Å²) in [7, 11) is 1.71. The Hall–Kier alpha value is -3.56. The Morgan fingerprint density at radius 3 is 2.62 bits per heavy atom. The third kappa shape index (κ3) is 7.14. The van der Waals surface area contributed by atoms with Crippen LogP contribution in [0.15, 0.2) is 61.2 Å². The number of carbonyl (C=O) groups excluding carboxylic acids is 1. The van der Waals surface area contributed by atoms with Gasteiger partial charge in [0.25, 0.3) is 0 Å². The zero-order valence-electron chi connectivity index (χ0n) is 24.2. The molecule has 0 radical (unpaired) electrons. The molecule has 1 saturated heterocycles. The van der Waals surface area contributed by atoms with Crippen LogP contribution >= 0.6 is 0 Å². The highest BCUT2D eigenvalue weighted by Gasteiger charge is 2.34. The molecule has 0 saturated carbocycles. The molecule has 1 aliphatic heterocycles. The van der Waals surface area contributed by atoms with E-state index in [9.17, 15) is 4.79 Å². The van der Waals surface area contributed by atoms with E-state index in [0.29, 0.717) is 31.7 Å². The molecular weight excluding hydrogens is 504 g/mol. The first-order valence-electron chi connectivity index (χ1n) is 14.2. The van der Waals surface area contributed by atoms with Crippen molar-refractivity contribution < 1.29 is 14.3 Å². The Kier molecular flexibility index (Phi) is 10.4. The number of tetrazole rings is 1. The second kappa shape index (κ2) is 14.2. The van der Waals surface area contributed by atoms with Gasteiger partial charge in [-0.15, -0.1) is 11.7 Å². The van der Waals surface area contributed by atoms with Gasteiger partial charge in [0.2, 0.25) is 0 Å². The molecule has 0 aliphatic carbocycles. The number of benzene rings is 2. The molecule has 40 heavy (non-hydrogen) atoms. The van der Waals surface area contributed by atoms with E-state index in [-0.39, 0.29) is 12.0 Å². The summed E-state index contributed by atoms with van der Waals surface area (Å²) >= 11 is 0. The number of hydrogen-bond donors (Lipinski definition) is 0. The quantitative estimate of drug-likeness (QED) is 0.172. The standard InChI is InChI=1S/C31H42N6O3/c1-6-18-35-21-24(4)36(22-23(35)3)30(27-11-10-12-28(20-27)39-5)25-14-16-26(17-15-25)31-32-33-34-37(31)19-9-8-13-29(38)40-7-2/h6,10-12,14-17,20,23-24,30H,1,7-9,13,18-19,21-22H2,2-5H3/t23-,24+,30-/m1/s1. The van der Waals surface area contributed by atoms with Gasteiger partial charge in [-0.1, -0.05) is 42.5 Å². The average Bonchev–Trinajstić information content (AvgIpc) is 3.43. The number of ether oxygens (including phenoxy) is 2. The molecular formula is C31H42N6O3. The van der Waals surface area contributed by atoms with Gasteiger partial charge >= 0.3 is 5.97 Å². The number of rotatable bonds is 13. The summed E-state index contributed by atoms with van der Waals surface area (Å²) in [6.07, 6.45) is 3.92. The van der Waals surface area contributed by atoms with E-state index in [2.05, 4.69) is 88.2 Å². The minimum Gasteiger partial charge on any atom is -0.497 e. The van der Waals surface area contributed by atoms with Crippen LogP contribution in [0.2, 0.25) is 0 Å². The Labute approximate surface area is 237 Å². The number of nitrogens with zero attached hydrogens (tertiary/aromatic N) is 6. The summed E-state index contributed by atoms with van der Waals surface area (Å²) in [5.41, 5.74) is 3.37. The molecule has 2 aromatic carbocycles. The van der Waals surface area contributed by atoms with E-state index in [1.165, 1.54) is 11.1 Å². The predicted octanol–water partition coefficient (Wildman–Crippen LogP) is 4.75. The molecule has 0 unspecified atom stereocenters. The minimum absolute atomic E-state index is 0.0753. The van der Waals surface area contributed by atoms with Crippen LogP contribution < -0.4 is 4.74 Å². The lowest BCUT2D eigenvalue weighted by molar-refractivity contribution is -0.143. The number of aryl methyl sites for hydroxylation is 1. The van der Waals surface area contributed by atoms with E-state index in [4.69, 9.17) is 9.47 Å². The van der Waals surface area contributed by atoms with Gasteiger partial charge in [-0.3, -0.25) is 14.6 Å². The van der Waals surface area contributed by atoms with E-state index in [1.807, 2.05) is 23.7 Å². The second-order valence-electron chi connectivity index (χ2n) is 10.4. The van der Waals surface area contributed by atoms with Crippen molar-refractivity contribution in [3.63, 3.8) is 0 Å². The largest absolute Gasteiger partial charge is 0.497 e. The fourth-order valence-corrected chi connectivity index (χ4v) is 5.53. The topological polar surface area (TPSA) is 85.6 Å². The van der Waals surface area contributed by atoms with E-state index in [1.54, 1.807) is 7.11 Å². The first kappa shape index (κ1) is 29.4. The number of aromatic nitrogens is 4. The van der Waals surface area contributed by atoms with Gasteiger partial charge in [0.1, 0.15) is 5.75 Å². The number of piperazine rings is 1. The lowest BCUT2D eigenvalue weighted by atomic mass is 9.92. The van der Waals surface area contributed by atoms with E-state index in [0.717, 1.165) is 49.6 Å². The molecule has 4 rings (SSSR count). The van der Waals surface area contributed by atoms with Gasteiger partial charge in [0.05, 0.1) is 19.8 Å². The fourth-order valence-electron chi connectivity index (χ4n) is 5.53. The van der Waals surface area contributed by atoms with Crippen LogP contribution in [0.1, 0.15) is 57.2 Å². The molecule has 0 spiro atoms. The van der Waals surface area contributed by atoms with E-state index >= 15 is 0 Å². The third-order valence-electron chi connectivity index (χ3n) is 7.59. The van der Waals surface area contributed by atoms with Gasteiger partial charge in [0, 0.05) is 50.2 Å². The minimum atomic E-state index is -0.161. The summed E-state index contributed by atoms with van der Waals surface area (Å²) in [6.45, 7) is 14.2. The van der Waals surface area contributed by atoms with Crippen LogP contribution in [-0.2, 0) is 16.1 Å². The zero-order valence-corrected chi connectivity index (χ0v) is 24.2. The molecule has 214 valence electrons. The van der Waals surface area contributed by atoms with Crippen molar-refractivity contribution in [1.29, 1.82) is 0 Å². The maximum Gasteiger partial charge on any atom is 0.305 e. The highest BCUT2D eigenvalue weighted by atomic mass is 16.5. The van der Waals surface area contributed by atoms with Crippen molar-refractivity contribution >= 4 is 5.97 Å². The summed E-state index contributed by atoms with van der Waals surface area (Å²) in [6, 6.07) is 17.8. The van der Waals surface area contributed by atoms with Crippen molar-refractivity contribution in [1.82, 2.24) is 30.0 Å². The van der Waals surface area contributed by atoms with Gasteiger partial charge in [-0.2, -0.15) is 0 Å². The van der Waals surface area contributed by atoms with Gasteiger partial charge in [-0.25, -0.2) is 4.68 Å². The molecule has 9 nitrogen and oxygen atoms in total. The maximum absolute atomic E-state index is 11.6. The highest BCUT2D eigenvalue weighted by Crippen LogP contribution is 2.35. The summed E-state index contributed by atoms with van der Waals surface area (Å²) < 4.78 is 12.4. The van der Waals surface area contributed by atoms with Crippen LogP contribution in [0.25, 0.3) is 11.4 Å². The molecule has 0 amide bonds. The molecule has 0 bridgehead atoms. The lowest BCUT2D eigenvalue weighted by Gasteiger charge is -2.47. The first-order valence-corrected chi connectivity index (χ1v) is 14.2. The number of carbonyl (C=O) groups is 1. The molecule has 3 aromatic rings. The Bertz CT molecular complexity index is 1240. The monoisotopic (exact) mass is 546 g/mol. The van der Waals surface area contributed by atoms with Gasteiger partial charge in [0.15, 0.2) is 5.82 Å². The fraction of sp³-hybridized carbons (Fsp3) is 0.484. The molecule has 2 heterocycles. The molecule has 9 heteroatoms. The summed E-state index contributed by atoms with van der Waals surface area (Å²) in [4.78, 5) is 16.7. The molecule has 1 aliphatic rings. The van der Waals surface area contributed by atoms with E-state index < -0.39 is 0 Å². The first-order chi connectivity index (χ1) is 19.4. The number of methoxy groups -OCH3 is 1. The van der Waals surface area contributed by atoms with Crippen molar-refractivity contribution in [3.8, 4) is 17.1 Å². The average molecular weight is 547 g/mol. The third-order valence-corrected chi connectivity index (χ3v) is 7.59. The van der Waals surface area contributed by atoms with Crippen LogP contribution in [0.5, 0.6) is 5.75 Å². The van der Waals surface area contributed by atoms with Crippen molar-refractivity contribution in [3.05, 3.63) is 72.3 Å². The molecule has 1 aromatic heterocycles. The van der Waals surface area contributed by atoms with Gasteiger partial charge < -0.3 is 9.47 Å². The molecule has 3 atom stereocenters. The SMILES string of the molecule is C=CCN1C[C@H](C)N([C@H](c2ccc(-c3nnnn3CCCCC(=O)OCC)cc2)c2cccc(OC)c2)C[C@H]1C. The Morgan fingerprint density at radius 1 is 1.10 bits per heavy atom. The van der Waals surface area contributed by atoms with Crippen LogP contribution in [0.4, 0.5) is 0 Å². The Morgan fingerprint density at radius 2 is 1.90 bits per heavy atom. The number of unbranched alkanes of at least 4 members (excludes halogenated alkanes) is 1. The van der Waals surface area contributed by atoms with Gasteiger partial charge in [-0.05, 0) is 67.3 Å². The predicted molar refractivity (Wildman–Crippen MR) is 156 cm³/mol. The second-order valence-corrected chi connectivity index (χ2v) is 10.4. The summed E-state index contributed by atoms with van der Waals surface area (Å²) in [5.74, 6) is 1.42. The van der Waals surface area contributed by atoms with Crippen molar-refractivity contribution in [2.24, 2.45) is 0 Å². The number of esters is 1. The van der Waals surface area contributed by atoms with Crippen molar-refractivity contribution in [2.75, 3.05) is 33.4 Å². The maximum atomic E-state index is 11.6. The molecule has 1 fully saturated rings. The smallest absolute Gasteiger partial charge is 0.305 e. The highest BCUT2D eigenvalue weighted by molar-refractivity contribution is 5.69. The van der Waals surface area contributed by atoms with Crippen molar-refractivity contribution in [2.45, 2.75) is 64.7 Å². The van der Waals surface area contributed by atoms with Crippen LogP contribution in [0.3, 0.4) is 0 Å². The lowest BCUT2D eigenvalue weighted by Crippen LogP contribution is -2.57. The van der Waals surface area contributed by atoms with Crippen LogP contribution in [0, 0.1) is 0 Å². The van der Waals surface area contributed by atoms with Crippen LogP contribution in [-0.4, -0.2) is 81.4 Å². The zero-order chi connectivity index (χ0) is 28.5. The molecule has 0 N–H and O–H groups in total. The Balaban J connectivity index is 1.56.